The molecule has 1 N–H and O–H groups in total. The van der Waals surface area contributed by atoms with Gasteiger partial charge in [-0.1, -0.05) is 0 Å². The van der Waals surface area contributed by atoms with E-state index in [1.54, 1.807) is 0 Å². The van der Waals surface area contributed by atoms with Crippen molar-refractivity contribution >= 4 is 27.5 Å². The van der Waals surface area contributed by atoms with E-state index in [0.29, 0.717) is 0 Å². The molecule has 0 amide bonds. The second-order valence-electron chi connectivity index (χ2n) is 3.63. The molecule has 2 heterocycles. The number of alkyl halides is 2. The molecule has 0 bridgehead atoms. The van der Waals surface area contributed by atoms with Gasteiger partial charge in [0, 0.05) is 0 Å². The molecule has 0 unspecified atom stereocenters. The van der Waals surface area contributed by atoms with Crippen LogP contribution in [0.15, 0.2) is 11.1 Å². The second-order valence-corrected chi connectivity index (χ2v) is 4.63. The molecule has 18 heavy (non-hydrogen) atoms. The SMILES string of the molecule is Cc1c(C(=O)O)sc2ncn(CC(F)F)c(=O)c12. The number of carboxylic acid groups (broad SMARTS) is 1. The fourth-order valence-electron chi connectivity index (χ4n) is 1.64. The summed E-state index contributed by atoms with van der Waals surface area (Å²) in [6, 6.07) is 0. The first kappa shape index (κ1) is 12.6. The van der Waals surface area contributed by atoms with Gasteiger partial charge in [0.05, 0.1) is 18.3 Å². The van der Waals surface area contributed by atoms with Gasteiger partial charge in [-0.3, -0.25) is 9.36 Å². The van der Waals surface area contributed by atoms with Gasteiger partial charge in [-0.15, -0.1) is 11.3 Å². The number of carboxylic acids is 1. The van der Waals surface area contributed by atoms with E-state index in [4.69, 9.17) is 5.11 Å². The molecule has 0 aromatic carbocycles. The Bertz CT molecular complexity index is 678. The normalized spacial score (nSPS) is 11.3. The molecule has 96 valence electrons. The molecule has 0 spiro atoms. The lowest BCUT2D eigenvalue weighted by Gasteiger charge is -2.03. The summed E-state index contributed by atoms with van der Waals surface area (Å²) in [4.78, 5) is 26.9. The minimum Gasteiger partial charge on any atom is -0.477 e. The van der Waals surface area contributed by atoms with Gasteiger partial charge in [0.25, 0.3) is 12.0 Å². The number of carbonyl (C=O) groups is 1. The van der Waals surface area contributed by atoms with Crippen LogP contribution in [0.5, 0.6) is 0 Å². The molecule has 0 aliphatic carbocycles. The predicted octanol–water partition coefficient (Wildman–Crippen LogP) is 1.73. The molecule has 0 fully saturated rings. The van der Waals surface area contributed by atoms with Gasteiger partial charge in [0.1, 0.15) is 9.71 Å². The molecule has 0 radical (unpaired) electrons. The molecule has 0 saturated heterocycles. The van der Waals surface area contributed by atoms with Crippen LogP contribution in [0, 0.1) is 6.92 Å². The first-order valence-corrected chi connectivity index (χ1v) is 5.73. The molecular weight excluding hydrogens is 266 g/mol. The lowest BCUT2D eigenvalue weighted by atomic mass is 10.2. The van der Waals surface area contributed by atoms with Crippen LogP contribution in [-0.4, -0.2) is 27.1 Å². The van der Waals surface area contributed by atoms with Crippen LogP contribution >= 0.6 is 11.3 Å². The predicted molar refractivity (Wildman–Crippen MR) is 61.6 cm³/mol. The van der Waals surface area contributed by atoms with Crippen LogP contribution in [0.3, 0.4) is 0 Å². The first-order chi connectivity index (χ1) is 8.41. The number of aromatic nitrogens is 2. The topological polar surface area (TPSA) is 72.2 Å². The van der Waals surface area contributed by atoms with Gasteiger partial charge >= 0.3 is 5.97 Å². The average molecular weight is 274 g/mol. The molecule has 2 aromatic heterocycles. The Morgan fingerprint density at radius 1 is 1.61 bits per heavy atom. The van der Waals surface area contributed by atoms with Crippen molar-refractivity contribution in [3.63, 3.8) is 0 Å². The van der Waals surface area contributed by atoms with E-state index in [0.717, 1.165) is 22.2 Å². The number of aryl methyl sites for hydroxylation is 1. The first-order valence-electron chi connectivity index (χ1n) is 4.91. The molecule has 0 atom stereocenters. The van der Waals surface area contributed by atoms with Crippen molar-refractivity contribution in [2.75, 3.05) is 0 Å². The highest BCUT2D eigenvalue weighted by molar-refractivity contribution is 7.20. The third-order valence-electron chi connectivity index (χ3n) is 2.45. The van der Waals surface area contributed by atoms with E-state index in [9.17, 15) is 18.4 Å². The minimum atomic E-state index is -2.67. The van der Waals surface area contributed by atoms with Gasteiger partial charge < -0.3 is 5.11 Å². The van der Waals surface area contributed by atoms with E-state index in [1.165, 1.54) is 6.92 Å². The molecule has 0 aliphatic rings. The lowest BCUT2D eigenvalue weighted by Crippen LogP contribution is -2.23. The van der Waals surface area contributed by atoms with Crippen molar-refractivity contribution in [1.82, 2.24) is 9.55 Å². The molecule has 2 aromatic rings. The summed E-state index contributed by atoms with van der Waals surface area (Å²) in [5.41, 5.74) is -0.370. The molecular formula is C10H8F2N2O3S. The number of hydrogen-bond acceptors (Lipinski definition) is 4. The number of aromatic carboxylic acids is 1. The van der Waals surface area contributed by atoms with E-state index < -0.39 is 24.5 Å². The van der Waals surface area contributed by atoms with Gasteiger partial charge in [-0.05, 0) is 12.5 Å². The van der Waals surface area contributed by atoms with Gasteiger partial charge in [0.15, 0.2) is 0 Å². The molecule has 8 heteroatoms. The second kappa shape index (κ2) is 4.45. The average Bonchev–Trinajstić information content (AvgIpc) is 2.60. The van der Waals surface area contributed by atoms with Crippen molar-refractivity contribution in [2.45, 2.75) is 19.9 Å². The van der Waals surface area contributed by atoms with Gasteiger partial charge in [-0.2, -0.15) is 0 Å². The van der Waals surface area contributed by atoms with E-state index >= 15 is 0 Å². The van der Waals surface area contributed by atoms with Crippen LogP contribution < -0.4 is 5.56 Å². The van der Waals surface area contributed by atoms with Gasteiger partial charge in [-0.25, -0.2) is 18.6 Å². The molecule has 0 aliphatic heterocycles. The van der Waals surface area contributed by atoms with Crippen LogP contribution in [0.25, 0.3) is 10.2 Å². The Kier molecular flexibility index (Phi) is 3.12. The largest absolute Gasteiger partial charge is 0.477 e. The highest BCUT2D eigenvalue weighted by atomic mass is 32.1. The van der Waals surface area contributed by atoms with Crippen LogP contribution in [0.4, 0.5) is 8.78 Å². The van der Waals surface area contributed by atoms with Gasteiger partial charge in [0.2, 0.25) is 0 Å². The van der Waals surface area contributed by atoms with Crippen LogP contribution in [-0.2, 0) is 6.54 Å². The fraction of sp³-hybridized carbons (Fsp3) is 0.300. The Morgan fingerprint density at radius 3 is 2.83 bits per heavy atom. The molecule has 2 rings (SSSR count). The summed E-state index contributed by atoms with van der Waals surface area (Å²) in [6.45, 7) is 0.720. The highest BCUT2D eigenvalue weighted by Gasteiger charge is 2.19. The Labute approximate surface area is 103 Å². The summed E-state index contributed by atoms with van der Waals surface area (Å²) in [5, 5.41) is 9.02. The van der Waals surface area contributed by atoms with E-state index in [2.05, 4.69) is 4.98 Å². The van der Waals surface area contributed by atoms with E-state index in [1.807, 2.05) is 0 Å². The van der Waals surface area contributed by atoms with Crippen molar-refractivity contribution < 1.29 is 18.7 Å². The standard InChI is InChI=1S/C10H8F2N2O3S/c1-4-6-8(18-7(4)10(16)17)13-3-14(9(6)15)2-5(11)12/h3,5H,2H2,1H3,(H,16,17). The number of nitrogens with zero attached hydrogens (tertiary/aromatic N) is 2. The summed E-state index contributed by atoms with van der Waals surface area (Å²) in [6.07, 6.45) is -1.65. The van der Waals surface area contributed by atoms with Crippen LogP contribution in [0.1, 0.15) is 15.2 Å². The maximum atomic E-state index is 12.3. The zero-order valence-electron chi connectivity index (χ0n) is 9.18. The number of hydrogen-bond donors (Lipinski definition) is 1. The van der Waals surface area contributed by atoms with Crippen LogP contribution in [0.2, 0.25) is 0 Å². The number of fused-ring (bicyclic) bond motifs is 1. The number of halogens is 2. The third kappa shape index (κ3) is 1.99. The van der Waals surface area contributed by atoms with E-state index in [-0.39, 0.29) is 20.7 Å². The van der Waals surface area contributed by atoms with Crippen molar-refractivity contribution in [1.29, 1.82) is 0 Å². The minimum absolute atomic E-state index is 0.00407. The summed E-state index contributed by atoms with van der Waals surface area (Å²) in [7, 11) is 0. The third-order valence-corrected chi connectivity index (χ3v) is 3.63. The quantitative estimate of drug-likeness (QED) is 0.925. The zero-order chi connectivity index (χ0) is 13.4. The highest BCUT2D eigenvalue weighted by Crippen LogP contribution is 2.26. The zero-order valence-corrected chi connectivity index (χ0v) is 10.0. The summed E-state index contributed by atoms with van der Waals surface area (Å²) >= 11 is 0.862. The maximum Gasteiger partial charge on any atom is 0.346 e. The lowest BCUT2D eigenvalue weighted by molar-refractivity contribution is 0.0701. The van der Waals surface area contributed by atoms with Crippen molar-refractivity contribution in [2.24, 2.45) is 0 Å². The number of rotatable bonds is 3. The monoisotopic (exact) mass is 274 g/mol. The summed E-state index contributed by atoms with van der Waals surface area (Å²) in [5.74, 6) is -1.16. The molecule has 5 nitrogen and oxygen atoms in total. The molecule has 0 saturated carbocycles. The summed E-state index contributed by atoms with van der Waals surface area (Å²) < 4.78 is 25.3. The van der Waals surface area contributed by atoms with Crippen molar-refractivity contribution in [3.8, 4) is 0 Å². The fourth-order valence-corrected chi connectivity index (χ4v) is 2.62. The smallest absolute Gasteiger partial charge is 0.346 e. The Morgan fingerprint density at radius 2 is 2.28 bits per heavy atom. The Hall–Kier alpha value is -1.83. The maximum absolute atomic E-state index is 12.3. The van der Waals surface area contributed by atoms with Crippen molar-refractivity contribution in [3.05, 3.63) is 27.1 Å². The number of thiophene rings is 1. The Balaban J connectivity index is 2.70.